The van der Waals surface area contributed by atoms with Gasteiger partial charge >= 0.3 is 5.97 Å². The van der Waals surface area contributed by atoms with Crippen molar-refractivity contribution in [2.45, 2.75) is 69.5 Å². The van der Waals surface area contributed by atoms with E-state index >= 15 is 0 Å². The molecule has 1 unspecified atom stereocenters. The second kappa shape index (κ2) is 11.6. The van der Waals surface area contributed by atoms with Crippen molar-refractivity contribution in [3.8, 4) is 28.7 Å². The Morgan fingerprint density at radius 1 is 1.00 bits per heavy atom. The second-order valence-corrected chi connectivity index (χ2v) is 11.4. The minimum Gasteiger partial charge on any atom is -0.432 e. The van der Waals surface area contributed by atoms with Crippen LogP contribution in [0.3, 0.4) is 0 Å². The number of nitrogen functional groups attached to an aromatic ring is 1. The average molecular weight is 546 g/mol. The van der Waals surface area contributed by atoms with Gasteiger partial charge in [0.1, 0.15) is 5.60 Å². The molecule has 0 spiro atoms. The van der Waals surface area contributed by atoms with Gasteiger partial charge in [-0.25, -0.2) is 4.98 Å². The Hall–Kier alpha value is -3.42. The first-order chi connectivity index (χ1) is 19.1. The molecule has 1 atom stereocenters. The second-order valence-electron chi connectivity index (χ2n) is 11.4. The van der Waals surface area contributed by atoms with E-state index in [1.165, 1.54) is 18.6 Å². The highest BCUT2D eigenvalue weighted by Crippen LogP contribution is 2.34. The summed E-state index contributed by atoms with van der Waals surface area (Å²) in [6, 6.07) is 8.44. The fraction of sp³-hybridized carbons (Fsp3) is 0.484. The van der Waals surface area contributed by atoms with Gasteiger partial charge in [0.05, 0.1) is 17.8 Å². The van der Waals surface area contributed by atoms with Crippen LogP contribution in [-0.2, 0) is 5.97 Å². The average Bonchev–Trinajstić information content (AvgIpc) is 3.45. The molecule has 9 nitrogen and oxygen atoms in total. The molecule has 5 rings (SSSR count). The number of anilines is 1. The standard InChI is InChI=1S/C31H39N5O4/c1-30(37,25-8-4-3-5-9-25)14-11-22-7-6-10-26(17-22)31(38,39)40-28-18-23(19-33-29(28)32)24-20-34-36(21-24)27-12-15-35(2)16-13-27/h6-7,10,17-21,25,27,37-39H,3-5,8-9,12-13,15-16H2,1-2H3,(H2,32,33). The number of likely N-dealkylation sites (tertiary alicyclic amines) is 1. The van der Waals surface area contributed by atoms with E-state index < -0.39 is 11.6 Å². The van der Waals surface area contributed by atoms with Gasteiger partial charge in [-0.05, 0) is 82.9 Å². The Labute approximate surface area is 235 Å². The summed E-state index contributed by atoms with van der Waals surface area (Å²) in [7, 11) is 2.13. The third-order valence-electron chi connectivity index (χ3n) is 8.23. The van der Waals surface area contributed by atoms with Crippen LogP contribution >= 0.6 is 0 Å². The lowest BCUT2D eigenvalue weighted by Gasteiger charge is -2.31. The van der Waals surface area contributed by atoms with Gasteiger partial charge in [-0.2, -0.15) is 5.10 Å². The van der Waals surface area contributed by atoms with Gasteiger partial charge in [0.2, 0.25) is 0 Å². The Balaban J connectivity index is 1.32. The Morgan fingerprint density at radius 2 is 1.75 bits per heavy atom. The summed E-state index contributed by atoms with van der Waals surface area (Å²) < 4.78 is 7.59. The van der Waals surface area contributed by atoms with Gasteiger partial charge in [-0.15, -0.1) is 0 Å². The number of nitrogens with zero attached hydrogens (tertiary/aromatic N) is 4. The van der Waals surface area contributed by atoms with Gasteiger partial charge in [-0.3, -0.25) is 4.68 Å². The molecule has 9 heteroatoms. The van der Waals surface area contributed by atoms with Crippen LogP contribution in [0.5, 0.6) is 5.75 Å². The number of aliphatic hydroxyl groups is 3. The molecule has 3 heterocycles. The smallest absolute Gasteiger partial charge is 0.351 e. The Bertz CT molecular complexity index is 1380. The summed E-state index contributed by atoms with van der Waals surface area (Å²) in [5.41, 5.74) is 7.09. The SMILES string of the molecule is CN1CCC(n2cc(-c3cnc(N)c(OC(O)(O)c4cccc(C#CC(C)(O)C5CCCCC5)c4)c3)cn2)CC1. The molecule has 2 aromatic heterocycles. The molecule has 1 aromatic carbocycles. The zero-order valence-corrected chi connectivity index (χ0v) is 23.3. The summed E-state index contributed by atoms with van der Waals surface area (Å²) in [5.74, 6) is 3.51. The number of nitrogens with two attached hydrogens (primary N) is 1. The summed E-state index contributed by atoms with van der Waals surface area (Å²) in [6.07, 6.45) is 12.7. The van der Waals surface area contributed by atoms with Crippen molar-refractivity contribution in [1.29, 1.82) is 0 Å². The monoisotopic (exact) mass is 545 g/mol. The van der Waals surface area contributed by atoms with Crippen LogP contribution < -0.4 is 10.5 Å². The molecular weight excluding hydrogens is 506 g/mol. The number of benzene rings is 1. The molecule has 5 N–H and O–H groups in total. The van der Waals surface area contributed by atoms with Crippen molar-refractivity contribution < 1.29 is 20.1 Å². The lowest BCUT2D eigenvalue weighted by Crippen LogP contribution is -2.34. The fourth-order valence-electron chi connectivity index (χ4n) is 5.62. The van der Waals surface area contributed by atoms with E-state index in [0.717, 1.165) is 57.2 Å². The summed E-state index contributed by atoms with van der Waals surface area (Å²) in [5, 5.41) is 37.3. The molecular formula is C31H39N5O4. The van der Waals surface area contributed by atoms with Crippen LogP contribution in [-0.4, -0.2) is 60.7 Å². The zero-order chi connectivity index (χ0) is 28.3. The van der Waals surface area contributed by atoms with Gasteiger partial charge in [0, 0.05) is 29.1 Å². The largest absolute Gasteiger partial charge is 0.432 e. The Morgan fingerprint density at radius 3 is 2.50 bits per heavy atom. The lowest BCUT2D eigenvalue weighted by molar-refractivity contribution is -0.303. The fourth-order valence-corrected chi connectivity index (χ4v) is 5.62. The van der Waals surface area contributed by atoms with Crippen molar-refractivity contribution in [3.63, 3.8) is 0 Å². The molecule has 0 radical (unpaired) electrons. The molecule has 2 fully saturated rings. The van der Waals surface area contributed by atoms with E-state index in [9.17, 15) is 15.3 Å². The van der Waals surface area contributed by atoms with E-state index in [1.807, 2.05) is 10.9 Å². The third-order valence-corrected chi connectivity index (χ3v) is 8.23. The molecule has 0 amide bonds. The van der Waals surface area contributed by atoms with Gasteiger partial charge in [0.15, 0.2) is 11.6 Å². The van der Waals surface area contributed by atoms with Crippen LogP contribution in [0.25, 0.3) is 11.1 Å². The first-order valence-electron chi connectivity index (χ1n) is 14.1. The van der Waals surface area contributed by atoms with Crippen LogP contribution in [0.15, 0.2) is 48.9 Å². The van der Waals surface area contributed by atoms with Gasteiger partial charge in [-0.1, -0.05) is 37.2 Å². The molecule has 0 bridgehead atoms. The minimum atomic E-state index is -2.68. The quantitative estimate of drug-likeness (QED) is 0.273. The van der Waals surface area contributed by atoms with Crippen molar-refractivity contribution in [2.24, 2.45) is 5.92 Å². The number of aromatic nitrogens is 3. The van der Waals surface area contributed by atoms with E-state index in [1.54, 1.807) is 37.5 Å². The number of piperidine rings is 1. The zero-order valence-electron chi connectivity index (χ0n) is 23.3. The molecule has 1 saturated carbocycles. The Kier molecular flexibility index (Phi) is 8.15. The highest BCUT2D eigenvalue weighted by atomic mass is 16.8. The summed E-state index contributed by atoms with van der Waals surface area (Å²) in [4.78, 5) is 6.53. The first kappa shape index (κ1) is 28.1. The number of pyridine rings is 1. The maximum Gasteiger partial charge on any atom is 0.351 e. The highest BCUT2D eigenvalue weighted by Gasteiger charge is 2.32. The molecule has 1 aliphatic carbocycles. The summed E-state index contributed by atoms with van der Waals surface area (Å²) in [6.45, 7) is 3.82. The topological polar surface area (TPSA) is 130 Å². The lowest BCUT2D eigenvalue weighted by atomic mass is 9.78. The number of ether oxygens (including phenoxy) is 1. The maximum absolute atomic E-state index is 10.9. The van der Waals surface area contributed by atoms with Crippen LogP contribution in [0.4, 0.5) is 5.82 Å². The third kappa shape index (κ3) is 6.48. The van der Waals surface area contributed by atoms with Crippen LogP contribution in [0.1, 0.15) is 69.0 Å². The van der Waals surface area contributed by atoms with Crippen molar-refractivity contribution in [2.75, 3.05) is 25.9 Å². The molecule has 40 heavy (non-hydrogen) atoms. The van der Waals surface area contributed by atoms with Crippen LogP contribution in [0, 0.1) is 17.8 Å². The number of hydrogen-bond acceptors (Lipinski definition) is 8. The number of hydrogen-bond donors (Lipinski definition) is 4. The first-order valence-corrected chi connectivity index (χ1v) is 14.1. The highest BCUT2D eigenvalue weighted by molar-refractivity contribution is 5.66. The van der Waals surface area contributed by atoms with Gasteiger partial charge < -0.3 is 30.7 Å². The van der Waals surface area contributed by atoms with Crippen molar-refractivity contribution in [3.05, 3.63) is 60.0 Å². The summed E-state index contributed by atoms with van der Waals surface area (Å²) >= 11 is 0. The van der Waals surface area contributed by atoms with E-state index in [4.69, 9.17) is 10.5 Å². The van der Waals surface area contributed by atoms with Gasteiger partial charge in [0.25, 0.3) is 0 Å². The van der Waals surface area contributed by atoms with E-state index in [-0.39, 0.29) is 23.0 Å². The number of rotatable bonds is 6. The molecule has 2 aliphatic rings. The predicted octanol–water partition coefficient (Wildman–Crippen LogP) is 3.65. The normalized spacial score (nSPS) is 19.0. The van der Waals surface area contributed by atoms with E-state index in [0.29, 0.717) is 17.2 Å². The minimum absolute atomic E-state index is 0.0263. The molecule has 212 valence electrons. The van der Waals surface area contributed by atoms with E-state index in [2.05, 4.69) is 33.9 Å². The predicted molar refractivity (Wildman–Crippen MR) is 153 cm³/mol. The molecule has 3 aromatic rings. The van der Waals surface area contributed by atoms with Crippen molar-refractivity contribution in [1.82, 2.24) is 19.7 Å². The van der Waals surface area contributed by atoms with Crippen LogP contribution in [0.2, 0.25) is 0 Å². The maximum atomic E-state index is 10.9. The van der Waals surface area contributed by atoms with Crippen molar-refractivity contribution >= 4 is 5.82 Å². The molecule has 1 aliphatic heterocycles. The molecule has 1 saturated heterocycles.